The molecule has 0 spiro atoms. The van der Waals surface area contributed by atoms with Crippen LogP contribution in [0.5, 0.6) is 5.75 Å². The van der Waals surface area contributed by atoms with Crippen LogP contribution in [0.3, 0.4) is 0 Å². The fourth-order valence-electron chi connectivity index (χ4n) is 2.25. The summed E-state index contributed by atoms with van der Waals surface area (Å²) in [6, 6.07) is 16.5. The molecule has 25 heavy (non-hydrogen) atoms. The number of benzene rings is 2. The molecular weight excluding hydrogens is 356 g/mol. The summed E-state index contributed by atoms with van der Waals surface area (Å²) in [5.41, 5.74) is 6.43. The normalized spacial score (nSPS) is 14.1. The maximum Gasteiger partial charge on any atom is 0.276 e. The minimum Gasteiger partial charge on any atom is -0.484 e. The molecule has 1 saturated heterocycles. The molecule has 0 saturated carbocycles. The van der Waals surface area contributed by atoms with E-state index in [0.29, 0.717) is 15.9 Å². The van der Waals surface area contributed by atoms with Crippen molar-refractivity contribution in [2.24, 2.45) is 0 Å². The number of nitrogens with one attached hydrogen (secondary N) is 2. The van der Waals surface area contributed by atoms with Crippen LogP contribution in [0.1, 0.15) is 20.5 Å². The molecule has 0 atom stereocenters. The zero-order valence-corrected chi connectivity index (χ0v) is 15.1. The van der Waals surface area contributed by atoms with Gasteiger partial charge in [0.1, 0.15) is 5.75 Å². The quantitative estimate of drug-likeness (QED) is 0.788. The van der Waals surface area contributed by atoms with Crippen molar-refractivity contribution in [2.75, 3.05) is 18.1 Å². The van der Waals surface area contributed by atoms with Crippen LogP contribution in [0.25, 0.3) is 0 Å². The Morgan fingerprint density at radius 3 is 2.32 bits per heavy atom. The van der Waals surface area contributed by atoms with E-state index in [9.17, 15) is 9.59 Å². The van der Waals surface area contributed by atoms with E-state index in [0.717, 1.165) is 0 Å². The number of hydrogen-bond donors (Lipinski definition) is 2. The molecule has 0 radical (unpaired) electrons. The maximum absolute atomic E-state index is 11.8. The average Bonchev–Trinajstić information content (AvgIpc) is 3.20. The predicted octanol–water partition coefficient (Wildman–Crippen LogP) is 3.01. The van der Waals surface area contributed by atoms with Gasteiger partial charge in [0, 0.05) is 17.1 Å². The number of ether oxygens (including phenoxy) is 1. The number of thioether (sulfide) groups is 2. The van der Waals surface area contributed by atoms with E-state index in [4.69, 9.17) is 4.74 Å². The zero-order valence-electron chi connectivity index (χ0n) is 13.4. The van der Waals surface area contributed by atoms with Gasteiger partial charge in [0.2, 0.25) is 0 Å². The van der Waals surface area contributed by atoms with Gasteiger partial charge < -0.3 is 4.74 Å². The van der Waals surface area contributed by atoms with E-state index in [1.165, 1.54) is 17.1 Å². The van der Waals surface area contributed by atoms with Gasteiger partial charge in [0.25, 0.3) is 11.8 Å². The Kier molecular flexibility index (Phi) is 6.25. The van der Waals surface area contributed by atoms with Gasteiger partial charge in [-0.15, -0.1) is 23.5 Å². The molecule has 0 aromatic heterocycles. The van der Waals surface area contributed by atoms with E-state index in [2.05, 4.69) is 10.9 Å². The first kappa shape index (κ1) is 17.7. The van der Waals surface area contributed by atoms with Crippen molar-refractivity contribution >= 4 is 35.3 Å². The molecule has 1 aliphatic rings. The SMILES string of the molecule is O=C(COc1ccc(C2SCCS2)cc1)NNC(=O)c1ccccc1. The lowest BCUT2D eigenvalue weighted by atomic mass is 10.2. The van der Waals surface area contributed by atoms with Gasteiger partial charge in [-0.1, -0.05) is 30.3 Å². The topological polar surface area (TPSA) is 67.4 Å². The van der Waals surface area contributed by atoms with Crippen molar-refractivity contribution in [1.29, 1.82) is 0 Å². The molecular formula is C18H18N2O3S2. The van der Waals surface area contributed by atoms with Crippen LogP contribution >= 0.6 is 23.5 Å². The fraction of sp³-hybridized carbons (Fsp3) is 0.222. The van der Waals surface area contributed by atoms with Crippen molar-refractivity contribution in [3.05, 3.63) is 65.7 Å². The average molecular weight is 374 g/mol. The highest BCUT2D eigenvalue weighted by Gasteiger charge is 2.18. The Balaban J connectivity index is 1.42. The van der Waals surface area contributed by atoms with Gasteiger partial charge in [-0.3, -0.25) is 20.4 Å². The third-order valence-corrected chi connectivity index (χ3v) is 6.60. The monoisotopic (exact) mass is 374 g/mol. The molecule has 2 aromatic carbocycles. The maximum atomic E-state index is 11.8. The standard InChI is InChI=1S/C18H18N2O3S2/c21-16(19-20-17(22)13-4-2-1-3-5-13)12-23-15-8-6-14(7-9-15)18-24-10-11-25-18/h1-9,18H,10-12H2,(H,19,21)(H,20,22). The lowest BCUT2D eigenvalue weighted by Gasteiger charge is -2.11. The smallest absolute Gasteiger partial charge is 0.276 e. The first-order valence-corrected chi connectivity index (χ1v) is 9.92. The minimum atomic E-state index is -0.421. The Morgan fingerprint density at radius 1 is 0.960 bits per heavy atom. The van der Waals surface area contributed by atoms with Crippen LogP contribution in [0.4, 0.5) is 0 Å². The van der Waals surface area contributed by atoms with Crippen LogP contribution in [-0.4, -0.2) is 29.9 Å². The van der Waals surface area contributed by atoms with Crippen molar-refractivity contribution < 1.29 is 14.3 Å². The molecule has 0 unspecified atom stereocenters. The van der Waals surface area contributed by atoms with Crippen molar-refractivity contribution in [2.45, 2.75) is 4.58 Å². The van der Waals surface area contributed by atoms with Gasteiger partial charge in [-0.05, 0) is 29.8 Å². The summed E-state index contributed by atoms with van der Waals surface area (Å²) in [6.45, 7) is -0.165. The number of carbonyl (C=O) groups is 2. The lowest BCUT2D eigenvalue weighted by Crippen LogP contribution is -2.43. The van der Waals surface area contributed by atoms with E-state index in [-0.39, 0.29) is 12.5 Å². The zero-order chi connectivity index (χ0) is 17.5. The van der Waals surface area contributed by atoms with Crippen LogP contribution in [0, 0.1) is 0 Å². The second kappa shape index (κ2) is 8.82. The Morgan fingerprint density at radius 2 is 1.64 bits per heavy atom. The molecule has 1 aliphatic heterocycles. The fourth-order valence-corrected chi connectivity index (χ4v) is 5.10. The molecule has 2 N–H and O–H groups in total. The summed E-state index contributed by atoms with van der Waals surface area (Å²) in [5.74, 6) is 2.20. The molecule has 1 heterocycles. The number of carbonyl (C=O) groups excluding carboxylic acids is 2. The predicted molar refractivity (Wildman–Crippen MR) is 102 cm³/mol. The first-order chi connectivity index (χ1) is 12.2. The van der Waals surface area contributed by atoms with E-state index in [1.54, 1.807) is 24.3 Å². The molecule has 0 aliphatic carbocycles. The van der Waals surface area contributed by atoms with Crippen LogP contribution < -0.4 is 15.6 Å². The third-order valence-electron chi connectivity index (χ3n) is 3.50. The van der Waals surface area contributed by atoms with Gasteiger partial charge in [-0.2, -0.15) is 0 Å². The van der Waals surface area contributed by atoms with Gasteiger partial charge >= 0.3 is 0 Å². The van der Waals surface area contributed by atoms with Gasteiger partial charge in [0.15, 0.2) is 6.61 Å². The Bertz CT molecular complexity index is 717. The molecule has 130 valence electrons. The number of hydrazine groups is 1. The van der Waals surface area contributed by atoms with E-state index >= 15 is 0 Å². The lowest BCUT2D eigenvalue weighted by molar-refractivity contribution is -0.123. The largest absolute Gasteiger partial charge is 0.484 e. The number of amides is 2. The van der Waals surface area contributed by atoms with Crippen molar-refractivity contribution in [3.63, 3.8) is 0 Å². The van der Waals surface area contributed by atoms with Crippen molar-refractivity contribution in [1.82, 2.24) is 10.9 Å². The number of hydrogen-bond acceptors (Lipinski definition) is 5. The molecule has 7 heteroatoms. The van der Waals surface area contributed by atoms with Crippen molar-refractivity contribution in [3.8, 4) is 5.75 Å². The molecule has 0 bridgehead atoms. The summed E-state index contributed by atoms with van der Waals surface area (Å²) < 4.78 is 5.94. The number of rotatable bonds is 5. The third kappa shape index (κ3) is 5.17. The van der Waals surface area contributed by atoms with Crippen LogP contribution in [-0.2, 0) is 4.79 Å². The molecule has 2 aromatic rings. The van der Waals surface area contributed by atoms with E-state index in [1.807, 2.05) is 53.9 Å². The molecule has 2 amide bonds. The Labute approximate surface area is 154 Å². The van der Waals surface area contributed by atoms with Gasteiger partial charge in [-0.25, -0.2) is 0 Å². The highest BCUT2D eigenvalue weighted by Crippen LogP contribution is 2.45. The summed E-state index contributed by atoms with van der Waals surface area (Å²) in [6.07, 6.45) is 0. The highest BCUT2D eigenvalue weighted by atomic mass is 32.2. The molecule has 5 nitrogen and oxygen atoms in total. The second-order valence-corrected chi connectivity index (χ2v) is 8.02. The second-order valence-electron chi connectivity index (χ2n) is 5.30. The Hall–Kier alpha value is -2.12. The summed E-state index contributed by atoms with van der Waals surface area (Å²) in [7, 11) is 0. The summed E-state index contributed by atoms with van der Waals surface area (Å²) >= 11 is 3.89. The van der Waals surface area contributed by atoms with Crippen LogP contribution in [0.2, 0.25) is 0 Å². The molecule has 1 fully saturated rings. The summed E-state index contributed by atoms with van der Waals surface area (Å²) in [5, 5.41) is 0. The molecule has 3 rings (SSSR count). The first-order valence-electron chi connectivity index (χ1n) is 7.82. The van der Waals surface area contributed by atoms with Gasteiger partial charge in [0.05, 0.1) is 4.58 Å². The van der Waals surface area contributed by atoms with Crippen LogP contribution in [0.15, 0.2) is 54.6 Å². The summed E-state index contributed by atoms with van der Waals surface area (Å²) in [4.78, 5) is 23.6. The minimum absolute atomic E-state index is 0.165. The van der Waals surface area contributed by atoms with E-state index < -0.39 is 5.91 Å². The highest BCUT2D eigenvalue weighted by molar-refractivity contribution is 8.19.